The minimum absolute atomic E-state index is 0.237. The Labute approximate surface area is 112 Å². The van der Waals surface area contributed by atoms with Crippen molar-refractivity contribution >= 4 is 12.0 Å². The lowest BCUT2D eigenvalue weighted by molar-refractivity contribution is -0.134. The van der Waals surface area contributed by atoms with Gasteiger partial charge in [0.05, 0.1) is 0 Å². The molecule has 1 heterocycles. The molecule has 0 spiro atoms. The second kappa shape index (κ2) is 3.72. The molecule has 2 N–H and O–H groups in total. The van der Waals surface area contributed by atoms with E-state index < -0.39 is 12.2 Å². The van der Waals surface area contributed by atoms with Gasteiger partial charge < -0.3 is 4.74 Å². The Hall–Kier alpha value is -1.10. The van der Waals surface area contributed by atoms with E-state index in [1.807, 2.05) is 0 Å². The van der Waals surface area contributed by atoms with Gasteiger partial charge >= 0.3 is 6.09 Å². The third kappa shape index (κ3) is 1.71. The molecule has 5 nitrogen and oxygen atoms in total. The minimum atomic E-state index is -0.695. The average Bonchev–Trinajstić information content (AvgIpc) is 2.54. The quantitative estimate of drug-likeness (QED) is 0.610. The highest BCUT2D eigenvalue weighted by Gasteiger charge is 2.54. The monoisotopic (exact) mass is 264 g/mol. The van der Waals surface area contributed by atoms with Crippen LogP contribution in [0.2, 0.25) is 0 Å². The zero-order chi connectivity index (χ0) is 13.2. The topological polar surface area (TPSA) is 72.6 Å². The Kier molecular flexibility index (Phi) is 2.29. The first-order valence-electron chi connectivity index (χ1n) is 7.34. The number of carbonyl (C=O) groups excluding carboxylic acids is 2. The van der Waals surface area contributed by atoms with E-state index in [-0.39, 0.29) is 11.3 Å². The second-order valence-corrected chi connectivity index (χ2v) is 7.20. The Morgan fingerprint density at radius 3 is 2.05 bits per heavy atom. The lowest BCUT2D eigenvalue weighted by Crippen LogP contribution is -2.48. The summed E-state index contributed by atoms with van der Waals surface area (Å²) in [4.78, 5) is 23.2. The van der Waals surface area contributed by atoms with E-state index >= 15 is 0 Å². The fourth-order valence-corrected chi connectivity index (χ4v) is 5.54. The molecule has 1 atom stereocenters. The lowest BCUT2D eigenvalue weighted by atomic mass is 9.48. The molecule has 4 aliphatic carbocycles. The number of nitrogens with zero attached hydrogens (tertiary/aromatic N) is 1. The number of hydrazine groups is 1. The first kappa shape index (κ1) is 11.7. The highest BCUT2D eigenvalue weighted by Crippen LogP contribution is 2.61. The molecule has 104 valence electrons. The molecule has 0 aromatic heterocycles. The molecule has 1 saturated heterocycles. The van der Waals surface area contributed by atoms with Gasteiger partial charge in [0.2, 0.25) is 0 Å². The van der Waals surface area contributed by atoms with Gasteiger partial charge in [-0.2, -0.15) is 5.01 Å². The molecular weight excluding hydrogens is 244 g/mol. The molecule has 1 unspecified atom stereocenters. The number of imide groups is 1. The molecule has 5 fully saturated rings. The Morgan fingerprint density at radius 2 is 1.63 bits per heavy atom. The third-order valence-electron chi connectivity index (χ3n) is 5.74. The fraction of sp³-hybridized carbons (Fsp3) is 0.857. The molecule has 0 radical (unpaired) electrons. The molecule has 4 saturated carbocycles. The maximum Gasteiger partial charge on any atom is 0.432 e. The van der Waals surface area contributed by atoms with Crippen molar-refractivity contribution in [2.75, 3.05) is 0 Å². The van der Waals surface area contributed by atoms with Crippen molar-refractivity contribution in [3.63, 3.8) is 0 Å². The standard InChI is InChI=1S/C14H20N2O3/c15-16-12(17)11(19-13(16)18)7-14-4-8-1-9(5-14)3-10(2-8)6-14/h8-11H,1-7,15H2. The summed E-state index contributed by atoms with van der Waals surface area (Å²) in [6.07, 6.45) is 7.13. The van der Waals surface area contributed by atoms with Crippen LogP contribution in [0.15, 0.2) is 0 Å². The van der Waals surface area contributed by atoms with Gasteiger partial charge in [-0.1, -0.05) is 0 Å². The predicted octanol–water partition coefficient (Wildman–Crippen LogP) is 1.81. The molecule has 0 aromatic rings. The van der Waals surface area contributed by atoms with Gasteiger partial charge in [0.15, 0.2) is 6.10 Å². The van der Waals surface area contributed by atoms with Crippen LogP contribution in [0.3, 0.4) is 0 Å². The van der Waals surface area contributed by atoms with Gasteiger partial charge in [0.25, 0.3) is 5.91 Å². The SMILES string of the molecule is NN1C(=O)OC(CC23CC4CC(CC(C4)C2)C3)C1=O. The van der Waals surface area contributed by atoms with Gasteiger partial charge in [-0.15, -0.1) is 0 Å². The number of hydrogen-bond donors (Lipinski definition) is 1. The summed E-state index contributed by atoms with van der Waals surface area (Å²) in [5, 5.41) is 0.630. The second-order valence-electron chi connectivity index (χ2n) is 7.20. The molecule has 0 aromatic carbocycles. The van der Waals surface area contributed by atoms with Gasteiger partial charge in [0, 0.05) is 0 Å². The van der Waals surface area contributed by atoms with Crippen LogP contribution in [0.1, 0.15) is 44.9 Å². The van der Waals surface area contributed by atoms with E-state index in [1.54, 1.807) is 0 Å². The van der Waals surface area contributed by atoms with Gasteiger partial charge in [-0.25, -0.2) is 10.6 Å². The third-order valence-corrected chi connectivity index (χ3v) is 5.74. The van der Waals surface area contributed by atoms with Crippen LogP contribution in [0.5, 0.6) is 0 Å². The average molecular weight is 264 g/mol. The number of carbonyl (C=O) groups is 2. The molecule has 4 bridgehead atoms. The maximum atomic E-state index is 11.9. The predicted molar refractivity (Wildman–Crippen MR) is 66.5 cm³/mol. The zero-order valence-electron chi connectivity index (χ0n) is 11.0. The van der Waals surface area contributed by atoms with Crippen molar-refractivity contribution in [3.8, 4) is 0 Å². The Balaban J connectivity index is 1.54. The van der Waals surface area contributed by atoms with Crippen LogP contribution in [-0.2, 0) is 9.53 Å². The summed E-state index contributed by atoms with van der Waals surface area (Å²) in [7, 11) is 0. The van der Waals surface area contributed by atoms with Crippen molar-refractivity contribution in [1.82, 2.24) is 5.01 Å². The highest BCUT2D eigenvalue weighted by atomic mass is 16.6. The van der Waals surface area contributed by atoms with Crippen molar-refractivity contribution in [3.05, 3.63) is 0 Å². The summed E-state index contributed by atoms with van der Waals surface area (Å²) >= 11 is 0. The van der Waals surface area contributed by atoms with E-state index in [0.717, 1.165) is 17.8 Å². The Bertz CT molecular complexity index is 413. The van der Waals surface area contributed by atoms with Crippen molar-refractivity contribution in [2.24, 2.45) is 29.0 Å². The lowest BCUT2D eigenvalue weighted by Gasteiger charge is -2.57. The van der Waals surface area contributed by atoms with Crippen LogP contribution in [0, 0.1) is 23.2 Å². The number of ether oxygens (including phenoxy) is 1. The van der Waals surface area contributed by atoms with Gasteiger partial charge in [-0.05, 0) is 68.1 Å². The van der Waals surface area contributed by atoms with Crippen molar-refractivity contribution in [2.45, 2.75) is 51.0 Å². The van der Waals surface area contributed by atoms with E-state index in [4.69, 9.17) is 10.6 Å². The smallest absolute Gasteiger partial charge is 0.432 e. The molecular formula is C14H20N2O3. The van der Waals surface area contributed by atoms with Gasteiger partial charge in [-0.3, -0.25) is 4.79 Å². The molecule has 1 aliphatic heterocycles. The van der Waals surface area contributed by atoms with E-state index in [2.05, 4.69) is 0 Å². The van der Waals surface area contributed by atoms with Crippen LogP contribution < -0.4 is 5.84 Å². The number of cyclic esters (lactones) is 1. The summed E-state index contributed by atoms with van der Waals surface area (Å²) in [6.45, 7) is 0. The normalized spacial score (nSPS) is 47.9. The summed E-state index contributed by atoms with van der Waals surface area (Å²) in [5.41, 5.74) is 0.237. The Morgan fingerprint density at radius 1 is 1.11 bits per heavy atom. The van der Waals surface area contributed by atoms with E-state index in [0.29, 0.717) is 11.4 Å². The molecule has 5 heteroatoms. The minimum Gasteiger partial charge on any atom is -0.435 e. The van der Waals surface area contributed by atoms with Crippen LogP contribution in [0.25, 0.3) is 0 Å². The largest absolute Gasteiger partial charge is 0.435 e. The van der Waals surface area contributed by atoms with Crippen LogP contribution in [0.4, 0.5) is 4.79 Å². The van der Waals surface area contributed by atoms with Gasteiger partial charge in [0.1, 0.15) is 0 Å². The number of hydrogen-bond acceptors (Lipinski definition) is 4. The molecule has 2 amide bonds. The van der Waals surface area contributed by atoms with E-state index in [1.165, 1.54) is 38.5 Å². The number of amides is 2. The molecule has 5 rings (SSSR count). The summed E-state index contributed by atoms with van der Waals surface area (Å²) < 4.78 is 5.14. The molecule has 5 aliphatic rings. The van der Waals surface area contributed by atoms with Crippen molar-refractivity contribution < 1.29 is 14.3 Å². The first-order valence-corrected chi connectivity index (χ1v) is 7.34. The fourth-order valence-electron chi connectivity index (χ4n) is 5.54. The molecule has 19 heavy (non-hydrogen) atoms. The van der Waals surface area contributed by atoms with Crippen LogP contribution >= 0.6 is 0 Å². The number of nitrogens with two attached hydrogens (primary N) is 1. The van der Waals surface area contributed by atoms with Crippen molar-refractivity contribution in [1.29, 1.82) is 0 Å². The maximum absolute atomic E-state index is 11.9. The summed E-state index contributed by atoms with van der Waals surface area (Å²) in [5.74, 6) is 7.55. The first-order chi connectivity index (χ1) is 9.05. The van der Waals surface area contributed by atoms with E-state index in [9.17, 15) is 9.59 Å². The highest BCUT2D eigenvalue weighted by molar-refractivity contribution is 5.99. The van der Waals surface area contributed by atoms with Crippen LogP contribution in [-0.4, -0.2) is 23.1 Å². The number of rotatable bonds is 2. The summed E-state index contributed by atoms with van der Waals surface area (Å²) in [6, 6.07) is 0. The zero-order valence-corrected chi connectivity index (χ0v) is 11.0.